The number of aryl methyl sites for hydroxylation is 1. The van der Waals surface area contributed by atoms with Crippen LogP contribution in [0.1, 0.15) is 17.5 Å². The first-order valence-electron chi connectivity index (χ1n) is 5.48. The van der Waals surface area contributed by atoms with Crippen molar-refractivity contribution in [2.45, 2.75) is 19.8 Å². The number of hydrogen-bond acceptors (Lipinski definition) is 3. The third-order valence-corrected chi connectivity index (χ3v) is 3.55. The van der Waals surface area contributed by atoms with Crippen molar-refractivity contribution in [2.24, 2.45) is 0 Å². The maximum Gasteiger partial charge on any atom is 0.303 e. The predicted molar refractivity (Wildman–Crippen MR) is 71.8 cm³/mol. The molecule has 2 N–H and O–H groups in total. The lowest BCUT2D eigenvalue weighted by molar-refractivity contribution is -0.136. The number of rotatable bonds is 3. The SMILES string of the molecule is Cc1c(CCC(=O)O)c(Br)nc2cc(O)ccc12. The molecular weight excluding hydrogens is 298 g/mol. The molecule has 5 heteroatoms. The Morgan fingerprint density at radius 2 is 2.17 bits per heavy atom. The van der Waals surface area contributed by atoms with Gasteiger partial charge in [-0.05, 0) is 52.5 Å². The highest BCUT2D eigenvalue weighted by Gasteiger charge is 2.12. The summed E-state index contributed by atoms with van der Waals surface area (Å²) in [7, 11) is 0. The number of aliphatic carboxylic acids is 1. The number of hydrogen-bond donors (Lipinski definition) is 2. The fraction of sp³-hybridized carbons (Fsp3) is 0.231. The van der Waals surface area contributed by atoms with Gasteiger partial charge >= 0.3 is 5.97 Å². The van der Waals surface area contributed by atoms with Gasteiger partial charge in [-0.2, -0.15) is 0 Å². The zero-order valence-electron chi connectivity index (χ0n) is 9.77. The molecule has 0 aliphatic heterocycles. The van der Waals surface area contributed by atoms with Gasteiger partial charge in [0.2, 0.25) is 0 Å². The van der Waals surface area contributed by atoms with E-state index in [1.807, 2.05) is 6.92 Å². The average molecular weight is 310 g/mol. The van der Waals surface area contributed by atoms with E-state index < -0.39 is 5.97 Å². The molecule has 1 aromatic heterocycles. The van der Waals surface area contributed by atoms with Crippen molar-refractivity contribution in [3.05, 3.63) is 33.9 Å². The van der Waals surface area contributed by atoms with E-state index >= 15 is 0 Å². The van der Waals surface area contributed by atoms with Gasteiger partial charge in [0, 0.05) is 17.9 Å². The van der Waals surface area contributed by atoms with E-state index in [0.717, 1.165) is 16.5 Å². The number of phenolic OH excluding ortho intramolecular Hbond substituents is 1. The monoisotopic (exact) mass is 309 g/mol. The smallest absolute Gasteiger partial charge is 0.303 e. The number of aromatic hydroxyl groups is 1. The van der Waals surface area contributed by atoms with Crippen molar-refractivity contribution in [3.63, 3.8) is 0 Å². The van der Waals surface area contributed by atoms with Gasteiger partial charge < -0.3 is 10.2 Å². The number of pyridine rings is 1. The Kier molecular flexibility index (Phi) is 3.52. The molecule has 0 saturated carbocycles. The standard InChI is InChI=1S/C13H12BrNO3/c1-7-9-3-2-8(16)6-11(9)15-13(14)10(7)4-5-12(17)18/h2-3,6,16H,4-5H2,1H3,(H,17,18). The Balaban J connectivity index is 2.54. The molecule has 0 atom stereocenters. The van der Waals surface area contributed by atoms with Gasteiger partial charge in [-0.1, -0.05) is 0 Å². The molecule has 0 aliphatic rings. The number of nitrogens with zero attached hydrogens (tertiary/aromatic N) is 1. The Labute approximate surface area is 112 Å². The molecule has 0 fully saturated rings. The minimum atomic E-state index is -0.827. The van der Waals surface area contributed by atoms with Crippen molar-refractivity contribution in [2.75, 3.05) is 0 Å². The second-order valence-electron chi connectivity index (χ2n) is 4.10. The summed E-state index contributed by atoms with van der Waals surface area (Å²) in [6, 6.07) is 4.99. The highest BCUT2D eigenvalue weighted by atomic mass is 79.9. The van der Waals surface area contributed by atoms with Gasteiger partial charge in [-0.3, -0.25) is 4.79 Å². The van der Waals surface area contributed by atoms with Crippen molar-refractivity contribution in [1.82, 2.24) is 4.98 Å². The van der Waals surface area contributed by atoms with Crippen LogP contribution in [0.5, 0.6) is 5.75 Å². The van der Waals surface area contributed by atoms with Gasteiger partial charge in [-0.15, -0.1) is 0 Å². The molecule has 2 aromatic rings. The van der Waals surface area contributed by atoms with Crippen LogP contribution in [0.3, 0.4) is 0 Å². The molecule has 1 heterocycles. The van der Waals surface area contributed by atoms with E-state index in [1.54, 1.807) is 18.2 Å². The number of benzene rings is 1. The number of halogens is 1. The van der Waals surface area contributed by atoms with Crippen molar-refractivity contribution < 1.29 is 15.0 Å². The first kappa shape index (κ1) is 12.8. The van der Waals surface area contributed by atoms with E-state index in [0.29, 0.717) is 16.5 Å². The Hall–Kier alpha value is -1.62. The van der Waals surface area contributed by atoms with Crippen LogP contribution < -0.4 is 0 Å². The highest BCUT2D eigenvalue weighted by molar-refractivity contribution is 9.10. The fourth-order valence-corrected chi connectivity index (χ4v) is 2.63. The van der Waals surface area contributed by atoms with Gasteiger partial charge in [0.15, 0.2) is 0 Å². The molecule has 1 aromatic carbocycles. The molecule has 0 spiro atoms. The summed E-state index contributed by atoms with van der Waals surface area (Å²) < 4.78 is 0.638. The van der Waals surface area contributed by atoms with Crippen LogP contribution in [0.2, 0.25) is 0 Å². The van der Waals surface area contributed by atoms with Crippen LogP contribution in [0.15, 0.2) is 22.8 Å². The third kappa shape index (κ3) is 2.46. The Morgan fingerprint density at radius 3 is 2.83 bits per heavy atom. The topological polar surface area (TPSA) is 70.4 Å². The molecule has 2 rings (SSSR count). The zero-order valence-corrected chi connectivity index (χ0v) is 11.4. The van der Waals surface area contributed by atoms with Crippen molar-refractivity contribution >= 4 is 32.8 Å². The van der Waals surface area contributed by atoms with E-state index in [-0.39, 0.29) is 12.2 Å². The summed E-state index contributed by atoms with van der Waals surface area (Å²) in [6.45, 7) is 1.93. The summed E-state index contributed by atoms with van der Waals surface area (Å²) in [4.78, 5) is 15.0. The van der Waals surface area contributed by atoms with Crippen LogP contribution in [-0.4, -0.2) is 21.2 Å². The summed E-state index contributed by atoms with van der Waals surface area (Å²) in [5, 5.41) is 19.1. The van der Waals surface area contributed by atoms with Gasteiger partial charge in [0.1, 0.15) is 10.4 Å². The van der Waals surface area contributed by atoms with Gasteiger partial charge in [-0.25, -0.2) is 4.98 Å². The van der Waals surface area contributed by atoms with E-state index in [9.17, 15) is 9.90 Å². The maximum absolute atomic E-state index is 10.6. The summed E-state index contributed by atoms with van der Waals surface area (Å²) in [5.74, 6) is -0.660. The zero-order chi connectivity index (χ0) is 13.3. The molecule has 4 nitrogen and oxygen atoms in total. The van der Waals surface area contributed by atoms with Crippen LogP contribution in [0.4, 0.5) is 0 Å². The lowest BCUT2D eigenvalue weighted by Gasteiger charge is -2.10. The molecule has 0 saturated heterocycles. The lowest BCUT2D eigenvalue weighted by Crippen LogP contribution is -2.01. The molecule has 0 aliphatic carbocycles. The molecule has 94 valence electrons. The maximum atomic E-state index is 10.6. The summed E-state index contributed by atoms with van der Waals surface area (Å²) >= 11 is 3.36. The number of carboxylic acids is 1. The summed E-state index contributed by atoms with van der Waals surface area (Å²) in [6.07, 6.45) is 0.510. The first-order valence-corrected chi connectivity index (χ1v) is 6.28. The van der Waals surface area contributed by atoms with E-state index in [2.05, 4.69) is 20.9 Å². The van der Waals surface area contributed by atoms with Crippen LogP contribution in [-0.2, 0) is 11.2 Å². The second-order valence-corrected chi connectivity index (χ2v) is 4.85. The van der Waals surface area contributed by atoms with Crippen LogP contribution >= 0.6 is 15.9 Å². The average Bonchev–Trinajstić information content (AvgIpc) is 2.27. The third-order valence-electron chi connectivity index (χ3n) is 2.89. The van der Waals surface area contributed by atoms with Crippen LogP contribution in [0, 0.1) is 6.92 Å². The van der Waals surface area contributed by atoms with Gasteiger partial charge in [0.25, 0.3) is 0 Å². The Morgan fingerprint density at radius 1 is 1.44 bits per heavy atom. The number of carboxylic acid groups (broad SMARTS) is 1. The quantitative estimate of drug-likeness (QED) is 0.855. The molecular formula is C13H12BrNO3. The van der Waals surface area contributed by atoms with E-state index in [1.165, 1.54) is 0 Å². The normalized spacial score (nSPS) is 10.8. The van der Waals surface area contributed by atoms with Crippen molar-refractivity contribution in [1.29, 1.82) is 0 Å². The molecule has 0 unspecified atom stereocenters. The number of fused-ring (bicyclic) bond motifs is 1. The number of aromatic nitrogens is 1. The molecule has 0 bridgehead atoms. The van der Waals surface area contributed by atoms with E-state index in [4.69, 9.17) is 5.11 Å². The first-order chi connectivity index (χ1) is 8.49. The Bertz CT molecular complexity index is 625. The fourth-order valence-electron chi connectivity index (χ4n) is 1.94. The number of carbonyl (C=O) groups is 1. The lowest BCUT2D eigenvalue weighted by atomic mass is 10.0. The minimum absolute atomic E-state index is 0.0741. The predicted octanol–water partition coefficient (Wildman–Crippen LogP) is 3.03. The van der Waals surface area contributed by atoms with Crippen molar-refractivity contribution in [3.8, 4) is 5.75 Å². The van der Waals surface area contributed by atoms with Gasteiger partial charge in [0.05, 0.1) is 5.52 Å². The van der Waals surface area contributed by atoms with Crippen LogP contribution in [0.25, 0.3) is 10.9 Å². The molecule has 0 radical (unpaired) electrons. The number of phenols is 1. The second kappa shape index (κ2) is 4.94. The molecule has 0 amide bonds. The minimum Gasteiger partial charge on any atom is -0.508 e. The summed E-state index contributed by atoms with van der Waals surface area (Å²) in [5.41, 5.74) is 2.59. The largest absolute Gasteiger partial charge is 0.508 e. The molecule has 18 heavy (non-hydrogen) atoms. The highest BCUT2D eigenvalue weighted by Crippen LogP contribution is 2.29.